The van der Waals surface area contributed by atoms with Gasteiger partial charge in [-0.2, -0.15) is 11.8 Å². The highest BCUT2D eigenvalue weighted by Crippen LogP contribution is 2.26. The number of sulfonamides is 1. The minimum absolute atomic E-state index is 0.0701. The Kier molecular flexibility index (Phi) is 4.04. The van der Waals surface area contributed by atoms with Gasteiger partial charge in [-0.1, -0.05) is 0 Å². The number of benzene rings is 1. The van der Waals surface area contributed by atoms with Gasteiger partial charge in [-0.3, -0.25) is 0 Å². The molecular weight excluding hydrogens is 270 g/mol. The van der Waals surface area contributed by atoms with Crippen molar-refractivity contribution in [1.29, 1.82) is 0 Å². The molecule has 0 spiro atoms. The second-order valence-corrected chi connectivity index (χ2v) is 7.09. The molecule has 0 unspecified atom stereocenters. The molecule has 0 aliphatic carbocycles. The Bertz CT molecular complexity index is 525. The molecule has 1 aliphatic heterocycles. The number of nitrogens with one attached hydrogen (secondary N) is 1. The van der Waals surface area contributed by atoms with Crippen LogP contribution in [0.5, 0.6) is 0 Å². The lowest BCUT2D eigenvalue weighted by Crippen LogP contribution is -2.26. The largest absolute Gasteiger partial charge is 0.399 e. The minimum Gasteiger partial charge on any atom is -0.399 e. The summed E-state index contributed by atoms with van der Waals surface area (Å²) in [5.74, 6) is 2.19. The van der Waals surface area contributed by atoms with Gasteiger partial charge in [-0.15, -0.1) is 0 Å². The van der Waals surface area contributed by atoms with Gasteiger partial charge in [0, 0.05) is 11.7 Å². The zero-order valence-corrected chi connectivity index (χ0v) is 11.6. The van der Waals surface area contributed by atoms with Gasteiger partial charge in [0.2, 0.25) is 10.0 Å². The van der Waals surface area contributed by atoms with Crippen molar-refractivity contribution < 1.29 is 8.42 Å². The topological polar surface area (TPSA) is 98.2 Å². The van der Waals surface area contributed by atoms with Crippen molar-refractivity contribution in [1.82, 2.24) is 0 Å². The fourth-order valence-corrected chi connectivity index (χ4v) is 3.80. The van der Waals surface area contributed by atoms with Gasteiger partial charge in [0.1, 0.15) is 4.90 Å². The van der Waals surface area contributed by atoms with Crippen molar-refractivity contribution in [3.05, 3.63) is 18.2 Å². The van der Waals surface area contributed by atoms with Crippen LogP contribution in [0.25, 0.3) is 0 Å². The van der Waals surface area contributed by atoms with Crippen LogP contribution in [0.1, 0.15) is 12.8 Å². The van der Waals surface area contributed by atoms with E-state index in [1.54, 1.807) is 12.1 Å². The highest BCUT2D eigenvalue weighted by Gasteiger charge is 2.19. The van der Waals surface area contributed by atoms with Crippen LogP contribution in [-0.4, -0.2) is 26.0 Å². The molecule has 0 saturated carbocycles. The maximum atomic E-state index is 11.5. The van der Waals surface area contributed by atoms with E-state index in [-0.39, 0.29) is 4.90 Å². The van der Waals surface area contributed by atoms with Crippen molar-refractivity contribution >= 4 is 33.2 Å². The molecule has 1 aliphatic rings. The van der Waals surface area contributed by atoms with E-state index in [4.69, 9.17) is 10.9 Å². The van der Waals surface area contributed by atoms with Crippen LogP contribution >= 0.6 is 11.8 Å². The SMILES string of the molecule is Nc1ccc(NC2CCSCC2)c(S(N)(=O)=O)c1. The summed E-state index contributed by atoms with van der Waals surface area (Å²) in [7, 11) is -3.75. The lowest BCUT2D eigenvalue weighted by Gasteiger charge is -2.24. The van der Waals surface area contributed by atoms with Crippen molar-refractivity contribution in [3.8, 4) is 0 Å². The smallest absolute Gasteiger partial charge is 0.240 e. The van der Waals surface area contributed by atoms with E-state index in [9.17, 15) is 8.42 Å². The molecule has 0 bridgehead atoms. The van der Waals surface area contributed by atoms with Crippen molar-refractivity contribution in [2.75, 3.05) is 22.6 Å². The molecule has 1 heterocycles. The summed E-state index contributed by atoms with van der Waals surface area (Å²) in [5.41, 5.74) is 6.54. The monoisotopic (exact) mass is 287 g/mol. The van der Waals surface area contributed by atoms with E-state index >= 15 is 0 Å². The average Bonchev–Trinajstić information content (AvgIpc) is 2.31. The maximum Gasteiger partial charge on any atom is 0.240 e. The first-order valence-corrected chi connectivity index (χ1v) is 8.43. The minimum atomic E-state index is -3.75. The van der Waals surface area contributed by atoms with Crippen LogP contribution in [0, 0.1) is 0 Å². The predicted molar refractivity (Wildman–Crippen MR) is 76.2 cm³/mol. The molecule has 100 valence electrons. The Labute approximate surface area is 111 Å². The zero-order chi connectivity index (χ0) is 13.2. The van der Waals surface area contributed by atoms with Crippen LogP contribution in [0.15, 0.2) is 23.1 Å². The van der Waals surface area contributed by atoms with E-state index in [1.807, 2.05) is 11.8 Å². The fraction of sp³-hybridized carbons (Fsp3) is 0.455. The number of thioether (sulfide) groups is 1. The number of nitrogen functional groups attached to an aromatic ring is 1. The molecule has 7 heteroatoms. The quantitative estimate of drug-likeness (QED) is 0.726. The Morgan fingerprint density at radius 1 is 1.28 bits per heavy atom. The van der Waals surface area contributed by atoms with Gasteiger partial charge >= 0.3 is 0 Å². The summed E-state index contributed by atoms with van der Waals surface area (Å²) >= 11 is 1.92. The molecule has 1 saturated heterocycles. The standard InChI is InChI=1S/C11H17N3O2S2/c12-8-1-2-10(11(7-8)18(13,15)16)14-9-3-5-17-6-4-9/h1-2,7,9,14H,3-6,12H2,(H2,13,15,16). The number of hydrogen-bond donors (Lipinski definition) is 3. The molecule has 1 aromatic rings. The normalized spacial score (nSPS) is 17.6. The van der Waals surface area contributed by atoms with E-state index in [1.165, 1.54) is 6.07 Å². The third-order valence-corrected chi connectivity index (χ3v) is 4.89. The van der Waals surface area contributed by atoms with Crippen molar-refractivity contribution in [2.24, 2.45) is 5.14 Å². The van der Waals surface area contributed by atoms with Gasteiger partial charge in [-0.25, -0.2) is 13.6 Å². The van der Waals surface area contributed by atoms with Crippen molar-refractivity contribution in [3.63, 3.8) is 0 Å². The van der Waals surface area contributed by atoms with E-state index in [2.05, 4.69) is 5.32 Å². The summed E-state index contributed by atoms with van der Waals surface area (Å²) in [6.07, 6.45) is 2.05. The molecule has 1 aromatic carbocycles. The van der Waals surface area contributed by atoms with Crippen LogP contribution < -0.4 is 16.2 Å². The average molecular weight is 287 g/mol. The number of anilines is 2. The summed E-state index contributed by atoms with van der Waals surface area (Å²) in [6.45, 7) is 0. The molecule has 2 rings (SSSR count). The Morgan fingerprint density at radius 3 is 2.56 bits per heavy atom. The summed E-state index contributed by atoms with van der Waals surface area (Å²) in [4.78, 5) is 0.0701. The maximum absolute atomic E-state index is 11.5. The highest BCUT2D eigenvalue weighted by molar-refractivity contribution is 7.99. The number of hydrogen-bond acceptors (Lipinski definition) is 5. The first-order valence-electron chi connectivity index (χ1n) is 5.73. The second-order valence-electron chi connectivity index (χ2n) is 4.33. The fourth-order valence-electron chi connectivity index (χ4n) is 1.96. The molecule has 5 nitrogen and oxygen atoms in total. The Morgan fingerprint density at radius 2 is 1.94 bits per heavy atom. The van der Waals surface area contributed by atoms with E-state index < -0.39 is 10.0 Å². The van der Waals surface area contributed by atoms with Crippen LogP contribution in [-0.2, 0) is 10.0 Å². The summed E-state index contributed by atoms with van der Waals surface area (Å²) < 4.78 is 23.1. The van der Waals surface area contributed by atoms with Gasteiger partial charge in [0.25, 0.3) is 0 Å². The first kappa shape index (κ1) is 13.5. The Balaban J connectivity index is 2.26. The third kappa shape index (κ3) is 3.30. The lowest BCUT2D eigenvalue weighted by molar-refractivity contribution is 0.597. The number of primary sulfonamides is 1. The Hall–Kier alpha value is -0.920. The molecule has 0 atom stereocenters. The molecule has 1 fully saturated rings. The molecular formula is C11H17N3O2S2. The van der Waals surface area contributed by atoms with Crippen LogP contribution in [0.3, 0.4) is 0 Å². The molecule has 0 amide bonds. The first-order chi connectivity index (χ1) is 8.47. The third-order valence-electron chi connectivity index (χ3n) is 2.89. The highest BCUT2D eigenvalue weighted by atomic mass is 32.2. The predicted octanol–water partition coefficient (Wildman–Crippen LogP) is 1.22. The van der Waals surface area contributed by atoms with Crippen LogP contribution in [0.4, 0.5) is 11.4 Å². The zero-order valence-electron chi connectivity index (χ0n) is 9.93. The number of rotatable bonds is 3. The van der Waals surface area contributed by atoms with E-state index in [0.29, 0.717) is 17.4 Å². The lowest BCUT2D eigenvalue weighted by atomic mass is 10.1. The number of nitrogens with two attached hydrogens (primary N) is 2. The molecule has 18 heavy (non-hydrogen) atoms. The van der Waals surface area contributed by atoms with Gasteiger partial charge < -0.3 is 11.1 Å². The summed E-state index contributed by atoms with van der Waals surface area (Å²) in [6, 6.07) is 5.05. The van der Waals surface area contributed by atoms with Gasteiger partial charge in [-0.05, 0) is 42.5 Å². The van der Waals surface area contributed by atoms with E-state index in [0.717, 1.165) is 24.3 Å². The second kappa shape index (κ2) is 5.38. The van der Waals surface area contributed by atoms with Gasteiger partial charge in [0.15, 0.2) is 0 Å². The molecule has 5 N–H and O–H groups in total. The molecule has 0 radical (unpaired) electrons. The van der Waals surface area contributed by atoms with Crippen molar-refractivity contribution in [2.45, 2.75) is 23.8 Å². The van der Waals surface area contributed by atoms with Crippen LogP contribution in [0.2, 0.25) is 0 Å². The van der Waals surface area contributed by atoms with Gasteiger partial charge in [0.05, 0.1) is 5.69 Å². The molecule has 0 aromatic heterocycles. The summed E-state index contributed by atoms with van der Waals surface area (Å²) in [5, 5.41) is 8.46.